The van der Waals surface area contributed by atoms with Gasteiger partial charge >= 0.3 is 0 Å². The lowest BCUT2D eigenvalue weighted by Crippen LogP contribution is -2.28. The first kappa shape index (κ1) is 16.9. The van der Waals surface area contributed by atoms with Gasteiger partial charge in [-0.2, -0.15) is 0 Å². The third-order valence-electron chi connectivity index (χ3n) is 4.46. The molecule has 0 bridgehead atoms. The molecule has 134 valence electrons. The fourth-order valence-electron chi connectivity index (χ4n) is 3.13. The van der Waals surface area contributed by atoms with Crippen molar-refractivity contribution in [2.45, 2.75) is 18.9 Å². The van der Waals surface area contributed by atoms with Crippen LogP contribution in [0.3, 0.4) is 0 Å². The van der Waals surface area contributed by atoms with Crippen LogP contribution in [0.25, 0.3) is 10.9 Å². The van der Waals surface area contributed by atoms with Gasteiger partial charge in [-0.15, -0.1) is 0 Å². The molecule has 1 atom stereocenters. The molecule has 7 heteroatoms. The average Bonchev–Trinajstić information content (AvgIpc) is 3.17. The number of phenols is 1. The topological polar surface area (TPSA) is 79.3 Å². The summed E-state index contributed by atoms with van der Waals surface area (Å²) < 4.78 is 6.07. The number of hydrogen-bond acceptors (Lipinski definition) is 6. The van der Waals surface area contributed by atoms with Crippen LogP contribution in [-0.4, -0.2) is 34.3 Å². The summed E-state index contributed by atoms with van der Waals surface area (Å²) in [5, 5.41) is 17.5. The predicted molar refractivity (Wildman–Crippen MR) is 102 cm³/mol. The molecule has 0 spiro atoms. The van der Waals surface area contributed by atoms with E-state index in [1.165, 1.54) is 18.8 Å². The van der Waals surface area contributed by atoms with Gasteiger partial charge in [-0.05, 0) is 43.7 Å². The van der Waals surface area contributed by atoms with Crippen molar-refractivity contribution < 1.29 is 9.84 Å². The molecular formula is C19H19ClN4O2. The molecule has 1 aromatic heterocycles. The van der Waals surface area contributed by atoms with Crippen LogP contribution in [0.1, 0.15) is 12.8 Å². The molecule has 0 amide bonds. The average molecular weight is 371 g/mol. The van der Waals surface area contributed by atoms with E-state index >= 15 is 0 Å². The Labute approximate surface area is 156 Å². The van der Waals surface area contributed by atoms with Crippen molar-refractivity contribution in [3.63, 3.8) is 0 Å². The third kappa shape index (κ3) is 3.38. The number of fused-ring (bicyclic) bond motifs is 1. The molecule has 0 aliphatic carbocycles. The Balaban J connectivity index is 1.68. The Kier molecular flexibility index (Phi) is 4.77. The highest BCUT2D eigenvalue weighted by Gasteiger charge is 2.17. The molecule has 2 aromatic carbocycles. The zero-order chi connectivity index (χ0) is 17.9. The van der Waals surface area contributed by atoms with Gasteiger partial charge in [0.1, 0.15) is 35.3 Å². The molecule has 3 N–H and O–H groups in total. The minimum atomic E-state index is 0.0128. The lowest BCUT2D eigenvalue weighted by molar-refractivity contribution is 0.280. The van der Waals surface area contributed by atoms with Crippen molar-refractivity contribution in [3.05, 3.63) is 47.7 Å². The number of nitrogens with zero attached hydrogens (tertiary/aromatic N) is 2. The fraction of sp³-hybridized carbons (Fsp3) is 0.263. The number of anilines is 2. The van der Waals surface area contributed by atoms with E-state index < -0.39 is 0 Å². The number of rotatable bonds is 5. The highest BCUT2D eigenvalue weighted by molar-refractivity contribution is 6.34. The van der Waals surface area contributed by atoms with Crippen LogP contribution in [0.2, 0.25) is 5.02 Å². The van der Waals surface area contributed by atoms with Gasteiger partial charge in [0.2, 0.25) is 0 Å². The lowest BCUT2D eigenvalue weighted by Gasteiger charge is -2.16. The maximum atomic E-state index is 9.82. The minimum absolute atomic E-state index is 0.0128. The summed E-state index contributed by atoms with van der Waals surface area (Å²) in [6.07, 6.45) is 3.78. The van der Waals surface area contributed by atoms with Gasteiger partial charge in [0.15, 0.2) is 0 Å². The van der Waals surface area contributed by atoms with Crippen molar-refractivity contribution in [2.24, 2.45) is 0 Å². The smallest absolute Gasteiger partial charge is 0.145 e. The summed E-state index contributed by atoms with van der Waals surface area (Å²) in [6.45, 7) is 1.63. The molecule has 3 aromatic rings. The van der Waals surface area contributed by atoms with Gasteiger partial charge in [-0.3, -0.25) is 0 Å². The second-order valence-electron chi connectivity index (χ2n) is 6.24. The standard InChI is InChI=1S/C19H19ClN4O2/c20-18-14(6-1-7-15(18)25)24-19-17-13(22-11-23-19)5-2-8-16(17)26-10-12-4-3-9-21-12/h1-2,5-8,11-12,21,25H,3-4,9-10H2,(H,22,23,24)/t12-/m0/s1. The molecule has 26 heavy (non-hydrogen) atoms. The first-order chi connectivity index (χ1) is 12.7. The Hall–Kier alpha value is -2.57. The van der Waals surface area contributed by atoms with Gasteiger partial charge in [-0.1, -0.05) is 23.7 Å². The molecule has 1 fully saturated rings. The van der Waals surface area contributed by atoms with Crippen LogP contribution in [0.4, 0.5) is 11.5 Å². The zero-order valence-electron chi connectivity index (χ0n) is 14.1. The van der Waals surface area contributed by atoms with Gasteiger partial charge in [0.25, 0.3) is 0 Å². The lowest BCUT2D eigenvalue weighted by atomic mass is 10.2. The van der Waals surface area contributed by atoms with Crippen molar-refractivity contribution in [3.8, 4) is 11.5 Å². The number of aromatic hydroxyl groups is 1. The predicted octanol–water partition coefficient (Wildman–Crippen LogP) is 3.86. The Morgan fingerprint density at radius 3 is 2.96 bits per heavy atom. The molecule has 1 aliphatic heterocycles. The number of halogens is 1. The van der Waals surface area contributed by atoms with E-state index in [1.807, 2.05) is 18.2 Å². The maximum Gasteiger partial charge on any atom is 0.145 e. The molecule has 4 rings (SSSR count). The van der Waals surface area contributed by atoms with E-state index in [9.17, 15) is 5.11 Å². The number of aromatic nitrogens is 2. The van der Waals surface area contributed by atoms with Crippen molar-refractivity contribution in [2.75, 3.05) is 18.5 Å². The number of phenolic OH excluding ortho intramolecular Hbond substituents is 1. The largest absolute Gasteiger partial charge is 0.506 e. The molecule has 1 saturated heterocycles. The monoisotopic (exact) mass is 370 g/mol. The molecule has 0 unspecified atom stereocenters. The maximum absolute atomic E-state index is 9.82. The highest BCUT2D eigenvalue weighted by atomic mass is 35.5. The fourth-order valence-corrected chi connectivity index (χ4v) is 3.30. The van der Waals surface area contributed by atoms with E-state index in [-0.39, 0.29) is 10.8 Å². The molecule has 6 nitrogen and oxygen atoms in total. The normalized spacial score (nSPS) is 16.7. The van der Waals surface area contributed by atoms with Gasteiger partial charge in [-0.25, -0.2) is 9.97 Å². The van der Waals surface area contributed by atoms with E-state index in [0.29, 0.717) is 24.2 Å². The second-order valence-corrected chi connectivity index (χ2v) is 6.62. The van der Waals surface area contributed by atoms with Crippen LogP contribution in [-0.2, 0) is 0 Å². The summed E-state index contributed by atoms with van der Waals surface area (Å²) in [4.78, 5) is 8.69. The van der Waals surface area contributed by atoms with E-state index in [4.69, 9.17) is 16.3 Å². The van der Waals surface area contributed by atoms with Crippen LogP contribution in [0, 0.1) is 0 Å². The Morgan fingerprint density at radius 1 is 1.23 bits per heavy atom. The van der Waals surface area contributed by atoms with Gasteiger partial charge in [0.05, 0.1) is 16.6 Å². The molecular weight excluding hydrogens is 352 g/mol. The van der Waals surface area contributed by atoms with Crippen LogP contribution >= 0.6 is 11.6 Å². The van der Waals surface area contributed by atoms with Crippen molar-refractivity contribution in [1.29, 1.82) is 0 Å². The van der Waals surface area contributed by atoms with Crippen molar-refractivity contribution >= 4 is 34.0 Å². The number of nitrogens with one attached hydrogen (secondary N) is 2. The summed E-state index contributed by atoms with van der Waals surface area (Å²) in [6, 6.07) is 11.1. The first-order valence-corrected chi connectivity index (χ1v) is 8.94. The third-order valence-corrected chi connectivity index (χ3v) is 4.86. The van der Waals surface area contributed by atoms with Crippen molar-refractivity contribution in [1.82, 2.24) is 15.3 Å². The highest BCUT2D eigenvalue weighted by Crippen LogP contribution is 2.36. The van der Waals surface area contributed by atoms with Gasteiger partial charge in [0, 0.05) is 6.04 Å². The SMILES string of the molecule is Oc1cccc(Nc2ncnc3cccc(OC[C@@H]4CCCN4)c23)c1Cl. The molecule has 2 heterocycles. The molecule has 0 saturated carbocycles. The van der Waals surface area contributed by atoms with Crippen LogP contribution < -0.4 is 15.4 Å². The minimum Gasteiger partial charge on any atom is -0.506 e. The first-order valence-electron chi connectivity index (χ1n) is 8.57. The Morgan fingerprint density at radius 2 is 2.12 bits per heavy atom. The summed E-state index contributed by atoms with van der Waals surface area (Å²) in [5.74, 6) is 1.31. The molecule has 1 aliphatic rings. The summed E-state index contributed by atoms with van der Waals surface area (Å²) >= 11 is 6.19. The quantitative estimate of drug-likeness (QED) is 0.632. The molecule has 0 radical (unpaired) electrons. The Bertz CT molecular complexity index is 923. The zero-order valence-corrected chi connectivity index (χ0v) is 14.8. The number of hydrogen-bond donors (Lipinski definition) is 3. The number of ether oxygens (including phenoxy) is 1. The summed E-state index contributed by atoms with van der Waals surface area (Å²) in [5.41, 5.74) is 1.34. The van der Waals surface area contributed by atoms with Crippen LogP contribution in [0.5, 0.6) is 11.5 Å². The number of benzene rings is 2. The second kappa shape index (κ2) is 7.35. The van der Waals surface area contributed by atoms with E-state index in [0.717, 1.165) is 29.6 Å². The van der Waals surface area contributed by atoms with Gasteiger partial charge < -0.3 is 20.5 Å². The summed E-state index contributed by atoms with van der Waals surface area (Å²) in [7, 11) is 0. The van der Waals surface area contributed by atoms with E-state index in [1.54, 1.807) is 12.1 Å². The van der Waals surface area contributed by atoms with E-state index in [2.05, 4.69) is 20.6 Å². The van der Waals surface area contributed by atoms with Crippen LogP contribution in [0.15, 0.2) is 42.7 Å².